The molecule has 0 unspecified atom stereocenters. The van der Waals surface area contributed by atoms with E-state index in [1.165, 1.54) is 0 Å². The van der Waals surface area contributed by atoms with E-state index in [1.807, 2.05) is 13.0 Å². The SMILES string of the molecule is Cc1ccc(Cl)cc1NC(=O)N1CCC(C(=O)NS)CC1. The lowest BCUT2D eigenvalue weighted by atomic mass is 9.96. The number of thiol groups is 1. The molecule has 0 saturated carbocycles. The Labute approximate surface area is 134 Å². The highest BCUT2D eigenvalue weighted by Crippen LogP contribution is 2.22. The summed E-state index contributed by atoms with van der Waals surface area (Å²) in [6.45, 7) is 3.02. The van der Waals surface area contributed by atoms with Gasteiger partial charge in [-0.05, 0) is 37.5 Å². The third-order valence-corrected chi connectivity index (χ3v) is 4.16. The van der Waals surface area contributed by atoms with Crippen LogP contribution in [0.1, 0.15) is 18.4 Å². The molecule has 21 heavy (non-hydrogen) atoms. The number of hydrogen-bond donors (Lipinski definition) is 3. The molecular formula is C14H18ClN3O2S. The summed E-state index contributed by atoms with van der Waals surface area (Å²) in [4.78, 5) is 25.4. The lowest BCUT2D eigenvalue weighted by molar-refractivity contribution is -0.124. The molecule has 2 rings (SSSR count). The number of rotatable bonds is 2. The van der Waals surface area contributed by atoms with E-state index in [2.05, 4.69) is 22.9 Å². The quantitative estimate of drug-likeness (QED) is 0.731. The second-order valence-electron chi connectivity index (χ2n) is 5.13. The second kappa shape index (κ2) is 7.04. The zero-order chi connectivity index (χ0) is 15.4. The van der Waals surface area contributed by atoms with Gasteiger partial charge in [-0.25, -0.2) is 4.79 Å². The van der Waals surface area contributed by atoms with Crippen LogP contribution in [0, 0.1) is 12.8 Å². The summed E-state index contributed by atoms with van der Waals surface area (Å²) in [5.74, 6) is -0.150. The van der Waals surface area contributed by atoms with Crippen molar-refractivity contribution < 1.29 is 9.59 Å². The van der Waals surface area contributed by atoms with E-state index >= 15 is 0 Å². The van der Waals surface area contributed by atoms with E-state index in [0.717, 1.165) is 5.56 Å². The van der Waals surface area contributed by atoms with Gasteiger partial charge in [0, 0.05) is 29.7 Å². The third kappa shape index (κ3) is 4.04. The number of halogens is 1. The van der Waals surface area contributed by atoms with Crippen LogP contribution in [0.3, 0.4) is 0 Å². The van der Waals surface area contributed by atoms with Crippen LogP contribution >= 0.6 is 24.4 Å². The first-order valence-electron chi connectivity index (χ1n) is 6.77. The highest BCUT2D eigenvalue weighted by Gasteiger charge is 2.27. The van der Waals surface area contributed by atoms with Crippen LogP contribution in [-0.4, -0.2) is 29.9 Å². The van der Waals surface area contributed by atoms with Crippen molar-refractivity contribution in [1.82, 2.24) is 9.62 Å². The Hall–Kier alpha value is -1.40. The zero-order valence-electron chi connectivity index (χ0n) is 11.7. The number of nitrogens with one attached hydrogen (secondary N) is 2. The monoisotopic (exact) mass is 327 g/mol. The number of carbonyl (C=O) groups is 2. The van der Waals surface area contributed by atoms with Crippen LogP contribution in [0.15, 0.2) is 18.2 Å². The van der Waals surface area contributed by atoms with Crippen molar-refractivity contribution in [3.05, 3.63) is 28.8 Å². The fraction of sp³-hybridized carbons (Fsp3) is 0.429. The number of urea groups is 1. The molecule has 1 saturated heterocycles. The van der Waals surface area contributed by atoms with Crippen LogP contribution in [0.5, 0.6) is 0 Å². The number of likely N-dealkylation sites (tertiary alicyclic amines) is 1. The Kier molecular flexibility index (Phi) is 5.36. The van der Waals surface area contributed by atoms with Gasteiger partial charge >= 0.3 is 6.03 Å². The summed E-state index contributed by atoms with van der Waals surface area (Å²) >= 11 is 9.71. The van der Waals surface area contributed by atoms with Gasteiger partial charge in [0.1, 0.15) is 0 Å². The highest BCUT2D eigenvalue weighted by molar-refractivity contribution is 7.78. The van der Waals surface area contributed by atoms with E-state index in [9.17, 15) is 9.59 Å². The largest absolute Gasteiger partial charge is 0.324 e. The van der Waals surface area contributed by atoms with Gasteiger partial charge in [0.25, 0.3) is 0 Å². The minimum absolute atomic E-state index is 0.0699. The number of carbonyl (C=O) groups excluding carboxylic acids is 2. The number of aryl methyl sites for hydroxylation is 1. The lowest BCUT2D eigenvalue weighted by Crippen LogP contribution is -2.43. The molecule has 0 aromatic heterocycles. The van der Waals surface area contributed by atoms with Crippen molar-refractivity contribution in [3.8, 4) is 0 Å². The molecule has 1 aliphatic heterocycles. The maximum absolute atomic E-state index is 12.2. The third-order valence-electron chi connectivity index (χ3n) is 3.70. The molecule has 3 amide bonds. The molecule has 2 N–H and O–H groups in total. The highest BCUT2D eigenvalue weighted by atomic mass is 35.5. The molecule has 0 spiro atoms. The number of amides is 3. The lowest BCUT2D eigenvalue weighted by Gasteiger charge is -2.31. The van der Waals surface area contributed by atoms with Gasteiger partial charge in [0.2, 0.25) is 5.91 Å². The normalized spacial score (nSPS) is 15.7. The van der Waals surface area contributed by atoms with Crippen molar-refractivity contribution in [2.45, 2.75) is 19.8 Å². The first kappa shape index (κ1) is 16.0. The Balaban J connectivity index is 1.93. The van der Waals surface area contributed by atoms with Gasteiger partial charge < -0.3 is 14.9 Å². The Morgan fingerprint density at radius 1 is 1.33 bits per heavy atom. The number of hydrogen-bond acceptors (Lipinski definition) is 3. The van der Waals surface area contributed by atoms with E-state index < -0.39 is 0 Å². The second-order valence-corrected chi connectivity index (χ2v) is 5.79. The predicted molar refractivity (Wildman–Crippen MR) is 86.6 cm³/mol. The van der Waals surface area contributed by atoms with Crippen molar-refractivity contribution in [1.29, 1.82) is 0 Å². The van der Waals surface area contributed by atoms with Gasteiger partial charge in [0.05, 0.1) is 0 Å². The number of nitrogens with zero attached hydrogens (tertiary/aromatic N) is 1. The molecule has 1 aromatic carbocycles. The van der Waals surface area contributed by atoms with Crippen LogP contribution < -0.4 is 10.0 Å². The molecule has 0 atom stereocenters. The minimum atomic E-state index is -0.162. The predicted octanol–water partition coefficient (Wildman–Crippen LogP) is 2.85. The Morgan fingerprint density at radius 3 is 2.62 bits per heavy atom. The number of benzene rings is 1. The van der Waals surface area contributed by atoms with Gasteiger partial charge in [-0.1, -0.05) is 30.5 Å². The van der Waals surface area contributed by atoms with E-state index in [1.54, 1.807) is 17.0 Å². The molecule has 5 nitrogen and oxygen atoms in total. The van der Waals surface area contributed by atoms with E-state index in [0.29, 0.717) is 36.6 Å². The summed E-state index contributed by atoms with van der Waals surface area (Å²) in [6.07, 6.45) is 1.29. The molecule has 114 valence electrons. The Bertz CT molecular complexity index is 545. The van der Waals surface area contributed by atoms with Gasteiger partial charge in [0.15, 0.2) is 0 Å². The van der Waals surface area contributed by atoms with Crippen molar-refractivity contribution >= 4 is 42.0 Å². The minimum Gasteiger partial charge on any atom is -0.324 e. The standard InChI is InChI=1S/C14H18ClN3O2S/c1-9-2-3-11(15)8-12(9)16-14(20)18-6-4-10(5-7-18)13(19)17-21/h2-3,8,10,21H,4-7H2,1H3,(H,16,20)(H,17,19). The molecule has 0 bridgehead atoms. The molecule has 1 aliphatic rings. The summed E-state index contributed by atoms with van der Waals surface area (Å²) in [6, 6.07) is 5.22. The van der Waals surface area contributed by atoms with Crippen LogP contribution in [0.2, 0.25) is 5.02 Å². The topological polar surface area (TPSA) is 61.4 Å². The van der Waals surface area contributed by atoms with E-state index in [-0.39, 0.29) is 17.9 Å². The summed E-state index contributed by atoms with van der Waals surface area (Å²) in [5, 5.41) is 3.45. The first-order valence-corrected chi connectivity index (χ1v) is 7.60. The molecule has 1 heterocycles. The number of piperidine rings is 1. The zero-order valence-corrected chi connectivity index (χ0v) is 13.4. The maximum Gasteiger partial charge on any atom is 0.321 e. The van der Waals surface area contributed by atoms with Crippen LogP contribution in [0.4, 0.5) is 10.5 Å². The molecule has 1 aromatic rings. The summed E-state index contributed by atoms with van der Waals surface area (Å²) in [7, 11) is 0. The van der Waals surface area contributed by atoms with Crippen LogP contribution in [-0.2, 0) is 4.79 Å². The number of anilines is 1. The first-order chi connectivity index (χ1) is 10.0. The fourth-order valence-electron chi connectivity index (χ4n) is 2.36. The van der Waals surface area contributed by atoms with E-state index in [4.69, 9.17) is 11.6 Å². The van der Waals surface area contributed by atoms with Crippen LogP contribution in [0.25, 0.3) is 0 Å². The van der Waals surface area contributed by atoms with Crippen molar-refractivity contribution in [2.24, 2.45) is 5.92 Å². The maximum atomic E-state index is 12.2. The van der Waals surface area contributed by atoms with Gasteiger partial charge in [-0.15, -0.1) is 0 Å². The molecule has 0 radical (unpaired) electrons. The molecule has 1 fully saturated rings. The van der Waals surface area contributed by atoms with Gasteiger partial charge in [-0.3, -0.25) is 4.79 Å². The molecule has 7 heteroatoms. The average Bonchev–Trinajstić information content (AvgIpc) is 2.50. The average molecular weight is 328 g/mol. The Morgan fingerprint density at radius 2 is 2.00 bits per heavy atom. The summed E-state index contributed by atoms with van der Waals surface area (Å²) < 4.78 is 2.35. The molecular weight excluding hydrogens is 310 g/mol. The summed E-state index contributed by atoms with van der Waals surface area (Å²) in [5.41, 5.74) is 1.67. The smallest absolute Gasteiger partial charge is 0.321 e. The van der Waals surface area contributed by atoms with Crippen molar-refractivity contribution in [2.75, 3.05) is 18.4 Å². The van der Waals surface area contributed by atoms with Crippen molar-refractivity contribution in [3.63, 3.8) is 0 Å². The van der Waals surface area contributed by atoms with Gasteiger partial charge in [-0.2, -0.15) is 0 Å². The fourth-order valence-corrected chi connectivity index (χ4v) is 2.71. The molecule has 0 aliphatic carbocycles.